The lowest BCUT2D eigenvalue weighted by Gasteiger charge is -2.30. The van der Waals surface area contributed by atoms with Crippen LogP contribution >= 0.6 is 0 Å². The zero-order chi connectivity index (χ0) is 19.1. The molecule has 27 heavy (non-hydrogen) atoms. The number of carbonyl (C=O) groups excluding carboxylic acids is 1. The predicted molar refractivity (Wildman–Crippen MR) is 96.8 cm³/mol. The summed E-state index contributed by atoms with van der Waals surface area (Å²) in [4.78, 5) is 25.5. The molecule has 142 valence electrons. The van der Waals surface area contributed by atoms with Crippen LogP contribution in [0.2, 0.25) is 0 Å². The normalized spacial score (nSPS) is 25.6. The number of aromatic nitrogens is 1. The minimum Gasteiger partial charge on any atom is -0.336 e. The first-order valence-corrected chi connectivity index (χ1v) is 9.08. The number of rotatable bonds is 4. The van der Waals surface area contributed by atoms with Crippen LogP contribution in [0, 0.1) is 5.92 Å². The van der Waals surface area contributed by atoms with Crippen LogP contribution in [0.15, 0.2) is 59.5 Å². The van der Waals surface area contributed by atoms with Crippen molar-refractivity contribution in [3.8, 4) is 0 Å². The Morgan fingerprint density at radius 1 is 1.15 bits per heavy atom. The number of nitrogens with one attached hydrogen (secondary N) is 1. The summed E-state index contributed by atoms with van der Waals surface area (Å²) in [5.74, 6) is -3.63. The van der Waals surface area contributed by atoms with Gasteiger partial charge in [0.2, 0.25) is 0 Å². The van der Waals surface area contributed by atoms with Crippen molar-refractivity contribution >= 4 is 6.03 Å². The van der Waals surface area contributed by atoms with Crippen molar-refractivity contribution in [3.05, 3.63) is 70.6 Å². The number of pyridine rings is 1. The number of hydrogen-bond acceptors (Lipinski definition) is 2. The van der Waals surface area contributed by atoms with Gasteiger partial charge in [0.05, 0.1) is 11.3 Å². The molecule has 2 amide bonds. The predicted octanol–water partition coefficient (Wildman–Crippen LogP) is 2.47. The van der Waals surface area contributed by atoms with Crippen molar-refractivity contribution in [2.45, 2.75) is 24.3 Å². The molecule has 5 nitrogen and oxygen atoms in total. The highest BCUT2D eigenvalue weighted by Crippen LogP contribution is 2.70. The summed E-state index contributed by atoms with van der Waals surface area (Å²) in [6, 6.07) is 13.4. The minimum absolute atomic E-state index is 0.0407. The quantitative estimate of drug-likeness (QED) is 0.895. The zero-order valence-corrected chi connectivity index (χ0v) is 14.8. The molecule has 2 heterocycles. The van der Waals surface area contributed by atoms with Crippen LogP contribution in [0.5, 0.6) is 0 Å². The van der Waals surface area contributed by atoms with Crippen LogP contribution in [0.1, 0.15) is 12.0 Å². The third-order valence-corrected chi connectivity index (χ3v) is 5.83. The molecule has 2 unspecified atom stereocenters. The van der Waals surface area contributed by atoms with E-state index in [0.29, 0.717) is 12.1 Å². The van der Waals surface area contributed by atoms with Crippen molar-refractivity contribution in [1.82, 2.24) is 14.8 Å². The Labute approximate surface area is 155 Å². The molecule has 1 aromatic carbocycles. The third-order valence-electron chi connectivity index (χ3n) is 5.83. The number of alkyl halides is 2. The van der Waals surface area contributed by atoms with Crippen LogP contribution in [-0.4, -0.2) is 41.1 Å². The van der Waals surface area contributed by atoms with Crippen LogP contribution in [0.3, 0.4) is 0 Å². The maximum Gasteiger partial charge on any atom is 0.317 e. The Morgan fingerprint density at radius 2 is 1.89 bits per heavy atom. The van der Waals surface area contributed by atoms with Gasteiger partial charge in [0, 0.05) is 38.4 Å². The van der Waals surface area contributed by atoms with E-state index in [4.69, 9.17) is 0 Å². The standard InChI is InChI=1S/C20H21F2N3O2/c21-20(22)16-14-25(12-9-19(16,20)15-6-2-1-3-7-15)18(27)23-10-13-24-11-5-4-8-17(24)26/h1-8,11,16H,9-10,12-14H2,(H,23,27). The number of piperidine rings is 1. The van der Waals surface area contributed by atoms with E-state index in [1.54, 1.807) is 42.6 Å². The number of likely N-dealkylation sites (tertiary alicyclic amines) is 1. The van der Waals surface area contributed by atoms with Crippen LogP contribution in [0.4, 0.5) is 13.6 Å². The number of urea groups is 1. The van der Waals surface area contributed by atoms with Gasteiger partial charge in [-0.1, -0.05) is 36.4 Å². The van der Waals surface area contributed by atoms with E-state index in [2.05, 4.69) is 5.32 Å². The Hall–Kier alpha value is -2.70. The maximum atomic E-state index is 14.6. The van der Waals surface area contributed by atoms with Crippen LogP contribution in [-0.2, 0) is 12.0 Å². The molecule has 7 heteroatoms. The lowest BCUT2D eigenvalue weighted by atomic mass is 9.87. The molecule has 2 aliphatic rings. The molecule has 1 saturated carbocycles. The zero-order valence-electron chi connectivity index (χ0n) is 14.8. The van der Waals surface area contributed by atoms with Gasteiger partial charge >= 0.3 is 6.03 Å². The molecular formula is C20H21F2N3O2. The lowest BCUT2D eigenvalue weighted by molar-refractivity contribution is 0.0776. The lowest BCUT2D eigenvalue weighted by Crippen LogP contribution is -2.46. The second-order valence-electron chi connectivity index (χ2n) is 7.17. The number of hydrogen-bond donors (Lipinski definition) is 1. The van der Waals surface area contributed by atoms with Crippen molar-refractivity contribution < 1.29 is 13.6 Å². The van der Waals surface area contributed by atoms with E-state index in [1.807, 2.05) is 6.07 Å². The van der Waals surface area contributed by atoms with Gasteiger partial charge in [-0.25, -0.2) is 13.6 Å². The molecule has 2 fully saturated rings. The number of amides is 2. The van der Waals surface area contributed by atoms with E-state index in [1.165, 1.54) is 15.5 Å². The fourth-order valence-electron chi connectivity index (χ4n) is 4.27. The molecular weight excluding hydrogens is 352 g/mol. The van der Waals surface area contributed by atoms with E-state index >= 15 is 0 Å². The number of carbonyl (C=O) groups is 1. The second kappa shape index (κ2) is 6.48. The fourth-order valence-corrected chi connectivity index (χ4v) is 4.27. The van der Waals surface area contributed by atoms with Crippen molar-refractivity contribution in [3.63, 3.8) is 0 Å². The Balaban J connectivity index is 1.37. The number of benzene rings is 1. The molecule has 0 bridgehead atoms. The largest absolute Gasteiger partial charge is 0.336 e. The number of fused-ring (bicyclic) bond motifs is 1. The average molecular weight is 373 g/mol. The van der Waals surface area contributed by atoms with Gasteiger partial charge in [0.1, 0.15) is 0 Å². The molecule has 1 aliphatic heterocycles. The van der Waals surface area contributed by atoms with Crippen LogP contribution < -0.4 is 10.9 Å². The first kappa shape index (κ1) is 17.7. The summed E-state index contributed by atoms with van der Waals surface area (Å²) in [5, 5.41) is 2.73. The van der Waals surface area contributed by atoms with Crippen molar-refractivity contribution in [2.24, 2.45) is 5.92 Å². The molecule has 0 radical (unpaired) electrons. The van der Waals surface area contributed by atoms with Gasteiger partial charge in [-0.15, -0.1) is 0 Å². The highest BCUT2D eigenvalue weighted by molar-refractivity contribution is 5.74. The molecule has 1 aromatic heterocycles. The summed E-state index contributed by atoms with van der Waals surface area (Å²) >= 11 is 0. The van der Waals surface area contributed by atoms with E-state index < -0.39 is 17.3 Å². The maximum absolute atomic E-state index is 14.6. The Bertz CT molecular complexity index is 899. The molecule has 2 aromatic rings. The first-order valence-electron chi connectivity index (χ1n) is 9.08. The van der Waals surface area contributed by atoms with Crippen molar-refractivity contribution in [1.29, 1.82) is 0 Å². The average Bonchev–Trinajstić information content (AvgIpc) is 3.20. The smallest absolute Gasteiger partial charge is 0.317 e. The monoisotopic (exact) mass is 373 g/mol. The molecule has 1 N–H and O–H groups in total. The highest BCUT2D eigenvalue weighted by Gasteiger charge is 2.81. The molecule has 1 saturated heterocycles. The topological polar surface area (TPSA) is 54.3 Å². The first-order chi connectivity index (χ1) is 13.0. The van der Waals surface area contributed by atoms with E-state index in [0.717, 1.165) is 0 Å². The Kier molecular flexibility index (Phi) is 4.25. The summed E-state index contributed by atoms with van der Waals surface area (Å²) in [6.45, 7) is 0.939. The van der Waals surface area contributed by atoms with Crippen LogP contribution in [0.25, 0.3) is 0 Å². The highest BCUT2D eigenvalue weighted by atomic mass is 19.3. The van der Waals surface area contributed by atoms with Gasteiger partial charge in [-0.3, -0.25) is 4.79 Å². The minimum atomic E-state index is -2.79. The summed E-state index contributed by atoms with van der Waals surface area (Å²) in [6.07, 6.45) is 1.90. The third kappa shape index (κ3) is 2.81. The SMILES string of the molecule is O=C(NCCn1ccccc1=O)N1CCC2(c3ccccc3)C(C1)C2(F)F. The van der Waals surface area contributed by atoms with Gasteiger partial charge in [0.15, 0.2) is 0 Å². The van der Waals surface area contributed by atoms with Gasteiger partial charge in [-0.05, 0) is 18.1 Å². The number of halogens is 2. The molecule has 1 aliphatic carbocycles. The molecule has 4 rings (SSSR count). The van der Waals surface area contributed by atoms with Crippen molar-refractivity contribution in [2.75, 3.05) is 19.6 Å². The Morgan fingerprint density at radius 3 is 2.59 bits per heavy atom. The van der Waals surface area contributed by atoms with Gasteiger partial charge < -0.3 is 14.8 Å². The van der Waals surface area contributed by atoms with E-state index in [9.17, 15) is 18.4 Å². The summed E-state index contributed by atoms with van der Waals surface area (Å²) < 4.78 is 30.7. The summed E-state index contributed by atoms with van der Waals surface area (Å²) in [7, 11) is 0. The summed E-state index contributed by atoms with van der Waals surface area (Å²) in [5.41, 5.74) is -0.624. The number of nitrogens with zero attached hydrogens (tertiary/aromatic N) is 2. The second-order valence-corrected chi connectivity index (χ2v) is 7.17. The van der Waals surface area contributed by atoms with Gasteiger partial charge in [-0.2, -0.15) is 0 Å². The fraction of sp³-hybridized carbons (Fsp3) is 0.400. The molecule has 2 atom stereocenters. The van der Waals surface area contributed by atoms with Gasteiger partial charge in [0.25, 0.3) is 11.5 Å². The van der Waals surface area contributed by atoms with E-state index in [-0.39, 0.29) is 37.6 Å². The molecule has 0 spiro atoms.